The average molecular weight is 273 g/mol. The SMILES string of the molecule is CCCCSCCCCC(C)(NC1CC1)C(=O)O. The Balaban J connectivity index is 2.11. The highest BCUT2D eigenvalue weighted by Crippen LogP contribution is 2.25. The van der Waals surface area contributed by atoms with Crippen molar-refractivity contribution in [3.05, 3.63) is 0 Å². The molecule has 2 N–H and O–H groups in total. The molecule has 0 aromatic rings. The van der Waals surface area contributed by atoms with Gasteiger partial charge >= 0.3 is 5.97 Å². The quantitative estimate of drug-likeness (QED) is 0.567. The van der Waals surface area contributed by atoms with Crippen LogP contribution in [0.25, 0.3) is 0 Å². The van der Waals surface area contributed by atoms with Crippen LogP contribution >= 0.6 is 11.8 Å². The monoisotopic (exact) mass is 273 g/mol. The predicted molar refractivity (Wildman–Crippen MR) is 78.3 cm³/mol. The first-order chi connectivity index (χ1) is 8.58. The Bertz CT molecular complexity index is 256. The van der Waals surface area contributed by atoms with Crippen molar-refractivity contribution in [3.8, 4) is 0 Å². The maximum atomic E-state index is 11.3. The molecule has 0 aliphatic heterocycles. The molecule has 0 aromatic carbocycles. The van der Waals surface area contributed by atoms with Crippen molar-refractivity contribution in [1.82, 2.24) is 5.32 Å². The molecule has 0 heterocycles. The van der Waals surface area contributed by atoms with Crippen molar-refractivity contribution < 1.29 is 9.90 Å². The van der Waals surface area contributed by atoms with E-state index in [2.05, 4.69) is 12.2 Å². The van der Waals surface area contributed by atoms with Gasteiger partial charge in [0.15, 0.2) is 0 Å². The van der Waals surface area contributed by atoms with Gasteiger partial charge in [-0.1, -0.05) is 19.8 Å². The summed E-state index contributed by atoms with van der Waals surface area (Å²) in [7, 11) is 0. The van der Waals surface area contributed by atoms with E-state index in [0.29, 0.717) is 6.04 Å². The lowest BCUT2D eigenvalue weighted by atomic mass is 9.95. The third-order valence-electron chi connectivity index (χ3n) is 3.43. The van der Waals surface area contributed by atoms with Crippen molar-refractivity contribution in [2.45, 2.75) is 70.4 Å². The van der Waals surface area contributed by atoms with Gasteiger partial charge in [-0.05, 0) is 50.5 Å². The third-order valence-corrected chi connectivity index (χ3v) is 4.58. The summed E-state index contributed by atoms with van der Waals surface area (Å²) in [5.41, 5.74) is -0.713. The summed E-state index contributed by atoms with van der Waals surface area (Å²) in [6.45, 7) is 4.04. The van der Waals surface area contributed by atoms with Crippen molar-refractivity contribution in [2.24, 2.45) is 0 Å². The molecule has 4 heteroatoms. The second kappa shape index (κ2) is 8.05. The highest BCUT2D eigenvalue weighted by atomic mass is 32.2. The van der Waals surface area contributed by atoms with E-state index in [0.717, 1.165) is 32.1 Å². The van der Waals surface area contributed by atoms with Crippen LogP contribution in [0.4, 0.5) is 0 Å². The molecule has 1 rings (SSSR count). The number of nitrogens with one attached hydrogen (secondary N) is 1. The summed E-state index contributed by atoms with van der Waals surface area (Å²) < 4.78 is 0. The van der Waals surface area contributed by atoms with E-state index >= 15 is 0 Å². The van der Waals surface area contributed by atoms with Gasteiger partial charge in [-0.25, -0.2) is 0 Å². The van der Waals surface area contributed by atoms with Crippen molar-refractivity contribution in [3.63, 3.8) is 0 Å². The van der Waals surface area contributed by atoms with Gasteiger partial charge in [0.2, 0.25) is 0 Å². The Morgan fingerprint density at radius 3 is 2.56 bits per heavy atom. The number of carbonyl (C=O) groups is 1. The summed E-state index contributed by atoms with van der Waals surface area (Å²) in [6.07, 6.45) is 7.69. The first-order valence-corrected chi connectivity index (χ1v) is 8.33. The number of carboxylic acid groups (broad SMARTS) is 1. The van der Waals surface area contributed by atoms with Crippen LogP contribution in [0, 0.1) is 0 Å². The molecule has 0 bridgehead atoms. The Labute approximate surface area is 115 Å². The Kier molecular flexibility index (Phi) is 7.08. The smallest absolute Gasteiger partial charge is 0.323 e. The van der Waals surface area contributed by atoms with E-state index in [9.17, 15) is 9.90 Å². The first-order valence-electron chi connectivity index (χ1n) is 7.17. The first kappa shape index (κ1) is 15.8. The summed E-state index contributed by atoms with van der Waals surface area (Å²) in [5, 5.41) is 12.6. The molecule has 1 unspecified atom stereocenters. The van der Waals surface area contributed by atoms with Crippen LogP contribution in [0.2, 0.25) is 0 Å². The number of carboxylic acids is 1. The predicted octanol–water partition coefficient (Wildman–Crippen LogP) is 3.29. The van der Waals surface area contributed by atoms with Gasteiger partial charge in [0.25, 0.3) is 0 Å². The molecule has 0 saturated heterocycles. The fourth-order valence-electron chi connectivity index (χ4n) is 1.95. The minimum absolute atomic E-state index is 0.449. The molecule has 0 spiro atoms. The fraction of sp³-hybridized carbons (Fsp3) is 0.929. The summed E-state index contributed by atoms with van der Waals surface area (Å²) >= 11 is 2.00. The highest BCUT2D eigenvalue weighted by Gasteiger charge is 2.37. The number of thioether (sulfide) groups is 1. The number of hydrogen-bond donors (Lipinski definition) is 2. The van der Waals surface area contributed by atoms with E-state index in [1.54, 1.807) is 0 Å². The van der Waals surface area contributed by atoms with Crippen LogP contribution in [-0.4, -0.2) is 34.2 Å². The average Bonchev–Trinajstić information content (AvgIpc) is 3.11. The number of unbranched alkanes of at least 4 members (excludes halogenated alkanes) is 2. The van der Waals surface area contributed by atoms with Gasteiger partial charge in [-0.3, -0.25) is 10.1 Å². The van der Waals surface area contributed by atoms with Crippen molar-refractivity contribution in [2.75, 3.05) is 11.5 Å². The minimum Gasteiger partial charge on any atom is -0.480 e. The zero-order chi connectivity index (χ0) is 13.4. The number of hydrogen-bond acceptors (Lipinski definition) is 3. The summed E-state index contributed by atoms with van der Waals surface area (Å²) in [5.74, 6) is 1.71. The Hall–Kier alpha value is -0.220. The number of rotatable bonds is 11. The van der Waals surface area contributed by atoms with E-state index in [-0.39, 0.29) is 0 Å². The zero-order valence-electron chi connectivity index (χ0n) is 11.7. The molecule has 1 aliphatic rings. The van der Waals surface area contributed by atoms with Crippen LogP contribution in [-0.2, 0) is 4.79 Å². The number of aliphatic carboxylic acids is 1. The topological polar surface area (TPSA) is 49.3 Å². The van der Waals surface area contributed by atoms with Gasteiger partial charge in [0.05, 0.1) is 0 Å². The van der Waals surface area contributed by atoms with Crippen molar-refractivity contribution in [1.29, 1.82) is 0 Å². The van der Waals surface area contributed by atoms with Gasteiger partial charge in [0.1, 0.15) is 5.54 Å². The molecule has 18 heavy (non-hydrogen) atoms. The van der Waals surface area contributed by atoms with Gasteiger partial charge in [-0.15, -0.1) is 0 Å². The largest absolute Gasteiger partial charge is 0.480 e. The minimum atomic E-state index is -0.713. The van der Waals surface area contributed by atoms with Crippen LogP contribution in [0.3, 0.4) is 0 Å². The van der Waals surface area contributed by atoms with Gasteiger partial charge in [0, 0.05) is 6.04 Å². The third kappa shape index (κ3) is 6.10. The molecule has 0 amide bonds. The van der Waals surface area contributed by atoms with Crippen LogP contribution < -0.4 is 5.32 Å². The van der Waals surface area contributed by atoms with Crippen LogP contribution in [0.15, 0.2) is 0 Å². The second-order valence-electron chi connectivity index (χ2n) is 5.48. The molecule has 0 aromatic heterocycles. The normalized spacial score (nSPS) is 18.6. The van der Waals surface area contributed by atoms with E-state index in [4.69, 9.17) is 0 Å². The van der Waals surface area contributed by atoms with E-state index in [1.165, 1.54) is 24.3 Å². The lowest BCUT2D eigenvalue weighted by Crippen LogP contribution is -2.50. The summed E-state index contributed by atoms with van der Waals surface area (Å²) in [4.78, 5) is 11.3. The Morgan fingerprint density at radius 2 is 2.00 bits per heavy atom. The van der Waals surface area contributed by atoms with Crippen molar-refractivity contribution >= 4 is 17.7 Å². The fourth-order valence-corrected chi connectivity index (χ4v) is 3.06. The molecular formula is C14H27NO2S. The lowest BCUT2D eigenvalue weighted by Gasteiger charge is -2.26. The second-order valence-corrected chi connectivity index (χ2v) is 6.70. The zero-order valence-corrected chi connectivity index (χ0v) is 12.5. The van der Waals surface area contributed by atoms with Crippen LogP contribution in [0.5, 0.6) is 0 Å². The molecule has 0 radical (unpaired) electrons. The van der Waals surface area contributed by atoms with Gasteiger partial charge < -0.3 is 5.11 Å². The standard InChI is InChI=1S/C14H27NO2S/c1-3-4-10-18-11-6-5-9-14(2,13(16)17)15-12-7-8-12/h12,15H,3-11H2,1-2H3,(H,16,17). The van der Waals surface area contributed by atoms with Gasteiger partial charge in [-0.2, -0.15) is 11.8 Å². The lowest BCUT2D eigenvalue weighted by molar-refractivity contribution is -0.144. The molecule has 1 atom stereocenters. The molecule has 106 valence electrons. The molecular weight excluding hydrogens is 246 g/mol. The summed E-state index contributed by atoms with van der Waals surface area (Å²) in [6, 6.07) is 0.449. The molecule has 1 aliphatic carbocycles. The molecule has 1 saturated carbocycles. The maximum Gasteiger partial charge on any atom is 0.323 e. The Morgan fingerprint density at radius 1 is 1.33 bits per heavy atom. The van der Waals surface area contributed by atoms with E-state index in [1.807, 2.05) is 18.7 Å². The molecule has 3 nitrogen and oxygen atoms in total. The van der Waals surface area contributed by atoms with E-state index < -0.39 is 11.5 Å². The van der Waals surface area contributed by atoms with Crippen LogP contribution in [0.1, 0.15) is 58.8 Å². The highest BCUT2D eigenvalue weighted by molar-refractivity contribution is 7.99. The molecule has 1 fully saturated rings. The maximum absolute atomic E-state index is 11.3.